The molecular formula is C21H27NO. The number of rotatable bonds is 7. The quantitative estimate of drug-likeness (QED) is 0.809. The zero-order valence-corrected chi connectivity index (χ0v) is 14.4. The van der Waals surface area contributed by atoms with Crippen LogP contribution in [0.5, 0.6) is 0 Å². The standard InChI is InChI=1S/C21H27NO/c1-16(2)15-19-9-11-20(12-10-19)17(3)21(23)22-14-13-18-7-5-4-6-8-18/h4-12,16-17H,13-15H2,1-3H3,(H,22,23). The third kappa shape index (κ3) is 5.55. The molecule has 0 saturated heterocycles. The van der Waals surface area contributed by atoms with Crippen LogP contribution in [0.4, 0.5) is 0 Å². The molecule has 1 amide bonds. The summed E-state index contributed by atoms with van der Waals surface area (Å²) in [7, 11) is 0. The summed E-state index contributed by atoms with van der Waals surface area (Å²) >= 11 is 0. The summed E-state index contributed by atoms with van der Waals surface area (Å²) in [6.07, 6.45) is 1.95. The van der Waals surface area contributed by atoms with Crippen molar-refractivity contribution in [3.8, 4) is 0 Å². The monoisotopic (exact) mass is 309 g/mol. The first kappa shape index (κ1) is 17.3. The fraction of sp³-hybridized carbons (Fsp3) is 0.381. The molecule has 1 atom stereocenters. The van der Waals surface area contributed by atoms with Crippen molar-refractivity contribution in [2.24, 2.45) is 5.92 Å². The molecule has 0 aliphatic rings. The largest absolute Gasteiger partial charge is 0.355 e. The maximum absolute atomic E-state index is 12.3. The van der Waals surface area contributed by atoms with Gasteiger partial charge in [0.1, 0.15) is 0 Å². The van der Waals surface area contributed by atoms with E-state index < -0.39 is 0 Å². The molecule has 2 heteroatoms. The number of nitrogens with one attached hydrogen (secondary N) is 1. The van der Waals surface area contributed by atoms with Gasteiger partial charge in [0, 0.05) is 6.54 Å². The Balaban J connectivity index is 1.84. The lowest BCUT2D eigenvalue weighted by Crippen LogP contribution is -2.29. The first-order valence-electron chi connectivity index (χ1n) is 8.46. The van der Waals surface area contributed by atoms with Crippen LogP contribution in [0, 0.1) is 5.92 Å². The molecule has 2 nitrogen and oxygen atoms in total. The van der Waals surface area contributed by atoms with E-state index in [1.165, 1.54) is 11.1 Å². The maximum Gasteiger partial charge on any atom is 0.227 e. The minimum atomic E-state index is -0.112. The van der Waals surface area contributed by atoms with Crippen LogP contribution in [0.2, 0.25) is 0 Å². The molecule has 0 fully saturated rings. The van der Waals surface area contributed by atoms with E-state index in [1.807, 2.05) is 25.1 Å². The number of carbonyl (C=O) groups excluding carboxylic acids is 1. The Morgan fingerprint density at radius 1 is 0.913 bits per heavy atom. The van der Waals surface area contributed by atoms with Gasteiger partial charge in [0.2, 0.25) is 5.91 Å². The third-order valence-corrected chi connectivity index (χ3v) is 4.07. The summed E-state index contributed by atoms with van der Waals surface area (Å²) in [5.41, 5.74) is 3.66. The highest BCUT2D eigenvalue weighted by atomic mass is 16.1. The van der Waals surface area contributed by atoms with E-state index in [9.17, 15) is 4.79 Å². The summed E-state index contributed by atoms with van der Waals surface area (Å²) in [5.74, 6) is 0.635. The van der Waals surface area contributed by atoms with Crippen molar-refractivity contribution in [2.75, 3.05) is 6.54 Å². The summed E-state index contributed by atoms with van der Waals surface area (Å²) in [6, 6.07) is 18.7. The Kier molecular flexibility index (Phi) is 6.40. The molecule has 0 heterocycles. The van der Waals surface area contributed by atoms with E-state index in [1.54, 1.807) is 0 Å². The van der Waals surface area contributed by atoms with E-state index >= 15 is 0 Å². The van der Waals surface area contributed by atoms with E-state index in [0.29, 0.717) is 12.5 Å². The van der Waals surface area contributed by atoms with Crippen molar-refractivity contribution >= 4 is 5.91 Å². The number of hydrogen-bond donors (Lipinski definition) is 1. The van der Waals surface area contributed by atoms with Crippen molar-refractivity contribution in [1.82, 2.24) is 5.32 Å². The van der Waals surface area contributed by atoms with Crippen molar-refractivity contribution in [2.45, 2.75) is 39.5 Å². The van der Waals surface area contributed by atoms with Gasteiger partial charge in [-0.05, 0) is 42.4 Å². The lowest BCUT2D eigenvalue weighted by Gasteiger charge is -2.14. The van der Waals surface area contributed by atoms with Gasteiger partial charge >= 0.3 is 0 Å². The first-order chi connectivity index (χ1) is 11.1. The van der Waals surface area contributed by atoms with Crippen molar-refractivity contribution < 1.29 is 4.79 Å². The maximum atomic E-state index is 12.3. The van der Waals surface area contributed by atoms with Gasteiger partial charge in [0.05, 0.1) is 5.92 Å². The van der Waals surface area contributed by atoms with Crippen LogP contribution < -0.4 is 5.32 Å². The highest BCUT2D eigenvalue weighted by Gasteiger charge is 2.14. The molecule has 122 valence electrons. The van der Waals surface area contributed by atoms with Gasteiger partial charge in [-0.15, -0.1) is 0 Å². The van der Waals surface area contributed by atoms with Crippen molar-refractivity contribution in [3.05, 3.63) is 71.3 Å². The molecule has 0 aliphatic heterocycles. The van der Waals surface area contributed by atoms with Crippen LogP contribution in [0.15, 0.2) is 54.6 Å². The van der Waals surface area contributed by atoms with Crippen molar-refractivity contribution in [3.63, 3.8) is 0 Å². The lowest BCUT2D eigenvalue weighted by molar-refractivity contribution is -0.122. The minimum absolute atomic E-state index is 0.0949. The van der Waals surface area contributed by atoms with Gasteiger partial charge in [-0.25, -0.2) is 0 Å². The molecule has 23 heavy (non-hydrogen) atoms. The van der Waals surface area contributed by atoms with Crippen LogP contribution in [-0.2, 0) is 17.6 Å². The van der Waals surface area contributed by atoms with Gasteiger partial charge in [-0.2, -0.15) is 0 Å². The number of amides is 1. The SMILES string of the molecule is CC(C)Cc1ccc(C(C)C(=O)NCCc2ccccc2)cc1. The molecule has 1 unspecified atom stereocenters. The second kappa shape index (κ2) is 8.52. The van der Waals surface area contributed by atoms with Gasteiger partial charge in [0.25, 0.3) is 0 Å². The molecule has 0 saturated carbocycles. The zero-order valence-electron chi connectivity index (χ0n) is 14.4. The second-order valence-corrected chi connectivity index (χ2v) is 6.59. The molecule has 2 aromatic rings. The molecule has 0 radical (unpaired) electrons. The second-order valence-electron chi connectivity index (χ2n) is 6.59. The van der Waals surface area contributed by atoms with Gasteiger partial charge in [-0.3, -0.25) is 4.79 Å². The molecule has 0 aromatic heterocycles. The number of hydrogen-bond acceptors (Lipinski definition) is 1. The Morgan fingerprint density at radius 3 is 2.17 bits per heavy atom. The van der Waals surface area contributed by atoms with E-state index in [4.69, 9.17) is 0 Å². The van der Waals surface area contributed by atoms with Crippen LogP contribution in [0.25, 0.3) is 0 Å². The van der Waals surface area contributed by atoms with Crippen molar-refractivity contribution in [1.29, 1.82) is 0 Å². The van der Waals surface area contributed by atoms with Gasteiger partial charge in [0.15, 0.2) is 0 Å². The topological polar surface area (TPSA) is 29.1 Å². The molecule has 0 spiro atoms. The predicted molar refractivity (Wildman–Crippen MR) is 96.6 cm³/mol. The van der Waals surface area contributed by atoms with E-state index in [0.717, 1.165) is 18.4 Å². The first-order valence-corrected chi connectivity index (χ1v) is 8.46. The Bertz CT molecular complexity index is 601. The molecule has 0 aliphatic carbocycles. The van der Waals surface area contributed by atoms with Crippen LogP contribution in [0.1, 0.15) is 43.4 Å². The fourth-order valence-corrected chi connectivity index (χ4v) is 2.69. The smallest absolute Gasteiger partial charge is 0.227 e. The van der Waals surface area contributed by atoms with Gasteiger partial charge in [-0.1, -0.05) is 68.4 Å². The fourth-order valence-electron chi connectivity index (χ4n) is 2.69. The molecule has 1 N–H and O–H groups in total. The Labute approximate surface area is 139 Å². The Morgan fingerprint density at radius 2 is 1.57 bits per heavy atom. The Hall–Kier alpha value is -2.09. The van der Waals surface area contributed by atoms with Crippen LogP contribution in [-0.4, -0.2) is 12.5 Å². The van der Waals surface area contributed by atoms with Crippen LogP contribution >= 0.6 is 0 Å². The summed E-state index contributed by atoms with van der Waals surface area (Å²) < 4.78 is 0. The molecular weight excluding hydrogens is 282 g/mol. The molecule has 2 rings (SSSR count). The molecule has 2 aromatic carbocycles. The summed E-state index contributed by atoms with van der Waals surface area (Å²) in [4.78, 5) is 12.3. The third-order valence-electron chi connectivity index (χ3n) is 4.07. The average molecular weight is 309 g/mol. The van der Waals surface area contributed by atoms with E-state index in [2.05, 4.69) is 55.6 Å². The highest BCUT2D eigenvalue weighted by molar-refractivity contribution is 5.83. The molecule has 0 bridgehead atoms. The highest BCUT2D eigenvalue weighted by Crippen LogP contribution is 2.17. The van der Waals surface area contributed by atoms with Crippen LogP contribution in [0.3, 0.4) is 0 Å². The predicted octanol–water partition coefficient (Wildman–Crippen LogP) is 4.35. The summed E-state index contributed by atoms with van der Waals surface area (Å²) in [5, 5.41) is 3.04. The number of carbonyl (C=O) groups is 1. The normalized spacial score (nSPS) is 12.2. The zero-order chi connectivity index (χ0) is 16.7. The lowest BCUT2D eigenvalue weighted by atomic mass is 9.96. The van der Waals surface area contributed by atoms with Gasteiger partial charge < -0.3 is 5.32 Å². The summed E-state index contributed by atoms with van der Waals surface area (Å²) in [6.45, 7) is 7.08. The minimum Gasteiger partial charge on any atom is -0.355 e. The van der Waals surface area contributed by atoms with E-state index in [-0.39, 0.29) is 11.8 Å². The average Bonchev–Trinajstić information content (AvgIpc) is 2.55. The number of benzene rings is 2.